The number of ether oxygens (including phenoxy) is 2. The molecule has 3 N–H and O–H groups in total. The lowest BCUT2D eigenvalue weighted by Gasteiger charge is -2.25. The first-order chi connectivity index (χ1) is 19.1. The van der Waals surface area contributed by atoms with Crippen LogP contribution in [0.3, 0.4) is 0 Å². The quantitative estimate of drug-likeness (QED) is 0.210. The Morgan fingerprint density at radius 3 is 2.23 bits per heavy atom. The standard InChI is InChI=1S/C30H35N3O7/c1-17(2)26(27(36)25-18(3)29(37)33-30(25)38)32-24(35)16-21(19-10-7-6-8-11-19)31-23(34)15-14-20-12-9-13-22(39-4)28(20)40-5/h6-15,17-18,21,25-26H,16H2,1-5H3,(H,31,34)(H,32,35)(H,33,37,38)/b15-14+/t18-,21+,25+,26+/m0/s1. The van der Waals surface area contributed by atoms with Gasteiger partial charge >= 0.3 is 0 Å². The van der Waals surface area contributed by atoms with Gasteiger partial charge < -0.3 is 20.1 Å². The third-order valence-electron chi connectivity index (χ3n) is 6.79. The minimum absolute atomic E-state index is 0.159. The number of imide groups is 1. The number of benzene rings is 2. The summed E-state index contributed by atoms with van der Waals surface area (Å²) in [6.45, 7) is 5.00. The zero-order chi connectivity index (χ0) is 29.4. The molecule has 10 heteroatoms. The highest BCUT2D eigenvalue weighted by atomic mass is 16.5. The first kappa shape index (κ1) is 30.1. The van der Waals surface area contributed by atoms with E-state index in [4.69, 9.17) is 9.47 Å². The van der Waals surface area contributed by atoms with Gasteiger partial charge in [0.1, 0.15) is 5.92 Å². The van der Waals surface area contributed by atoms with E-state index in [0.29, 0.717) is 22.6 Å². The normalized spacial score (nSPS) is 18.2. The van der Waals surface area contributed by atoms with Gasteiger partial charge in [-0.3, -0.25) is 29.3 Å². The minimum Gasteiger partial charge on any atom is -0.493 e. The fourth-order valence-corrected chi connectivity index (χ4v) is 4.61. The van der Waals surface area contributed by atoms with Gasteiger partial charge in [0.2, 0.25) is 23.6 Å². The maximum absolute atomic E-state index is 13.2. The Morgan fingerprint density at radius 1 is 0.950 bits per heavy atom. The molecule has 1 aliphatic heterocycles. The van der Waals surface area contributed by atoms with Gasteiger partial charge in [-0.25, -0.2) is 0 Å². The van der Waals surface area contributed by atoms with Crippen molar-refractivity contribution >= 4 is 35.5 Å². The second kappa shape index (κ2) is 13.5. The van der Waals surface area contributed by atoms with Crippen molar-refractivity contribution in [3.8, 4) is 11.5 Å². The lowest BCUT2D eigenvalue weighted by atomic mass is 9.85. The summed E-state index contributed by atoms with van der Waals surface area (Å²) >= 11 is 0. The van der Waals surface area contributed by atoms with Crippen molar-refractivity contribution in [3.63, 3.8) is 0 Å². The Bertz CT molecular complexity index is 1290. The summed E-state index contributed by atoms with van der Waals surface area (Å²) in [6, 6.07) is 12.6. The Morgan fingerprint density at radius 2 is 1.65 bits per heavy atom. The zero-order valence-corrected chi connectivity index (χ0v) is 23.2. The number of amides is 4. The molecule has 1 saturated heterocycles. The van der Waals surface area contributed by atoms with Crippen molar-refractivity contribution in [2.24, 2.45) is 17.8 Å². The largest absolute Gasteiger partial charge is 0.493 e. The van der Waals surface area contributed by atoms with Crippen molar-refractivity contribution in [1.82, 2.24) is 16.0 Å². The van der Waals surface area contributed by atoms with Crippen LogP contribution in [-0.4, -0.2) is 49.7 Å². The molecule has 0 bridgehead atoms. The summed E-state index contributed by atoms with van der Waals surface area (Å²) in [5, 5.41) is 7.76. The van der Waals surface area contributed by atoms with Gasteiger partial charge in [-0.1, -0.05) is 63.2 Å². The van der Waals surface area contributed by atoms with Crippen LogP contribution in [0.4, 0.5) is 0 Å². The van der Waals surface area contributed by atoms with Gasteiger partial charge in [0.05, 0.1) is 38.6 Å². The highest BCUT2D eigenvalue weighted by molar-refractivity contribution is 6.16. The van der Waals surface area contributed by atoms with E-state index in [0.717, 1.165) is 0 Å². The number of para-hydroxylation sites is 1. The second-order valence-corrected chi connectivity index (χ2v) is 9.90. The monoisotopic (exact) mass is 549 g/mol. The molecule has 0 aliphatic carbocycles. The van der Waals surface area contributed by atoms with Crippen molar-refractivity contribution in [1.29, 1.82) is 0 Å². The molecule has 10 nitrogen and oxygen atoms in total. The van der Waals surface area contributed by atoms with Crippen molar-refractivity contribution < 1.29 is 33.4 Å². The molecule has 3 rings (SSSR count). The molecule has 0 saturated carbocycles. The summed E-state index contributed by atoms with van der Waals surface area (Å²) in [4.78, 5) is 63.4. The lowest BCUT2D eigenvalue weighted by molar-refractivity contribution is -0.137. The van der Waals surface area contributed by atoms with E-state index in [1.54, 1.807) is 62.4 Å². The van der Waals surface area contributed by atoms with Gasteiger partial charge in [0, 0.05) is 11.6 Å². The first-order valence-corrected chi connectivity index (χ1v) is 13.0. The molecular weight excluding hydrogens is 514 g/mol. The predicted octanol–water partition coefficient (Wildman–Crippen LogP) is 2.58. The smallest absolute Gasteiger partial charge is 0.244 e. The number of nitrogens with one attached hydrogen (secondary N) is 3. The number of Topliss-reactive ketones (excluding diaryl/α,β-unsaturated/α-hetero) is 1. The van der Waals surface area contributed by atoms with Crippen molar-refractivity contribution in [2.45, 2.75) is 39.3 Å². The van der Waals surface area contributed by atoms with Crippen LogP contribution in [0.25, 0.3) is 6.08 Å². The molecule has 40 heavy (non-hydrogen) atoms. The number of rotatable bonds is 12. The average molecular weight is 550 g/mol. The fourth-order valence-electron chi connectivity index (χ4n) is 4.61. The molecular formula is C30H35N3O7. The lowest BCUT2D eigenvalue weighted by Crippen LogP contribution is -2.49. The maximum Gasteiger partial charge on any atom is 0.244 e. The van der Waals surface area contributed by atoms with Gasteiger partial charge in [0.25, 0.3) is 0 Å². The molecule has 1 heterocycles. The van der Waals surface area contributed by atoms with Crippen LogP contribution in [0.2, 0.25) is 0 Å². The highest BCUT2D eigenvalue weighted by Gasteiger charge is 2.46. The van der Waals surface area contributed by atoms with Crippen LogP contribution in [0.15, 0.2) is 54.6 Å². The first-order valence-electron chi connectivity index (χ1n) is 13.0. The van der Waals surface area contributed by atoms with Crippen LogP contribution in [0.1, 0.15) is 44.4 Å². The molecule has 1 aliphatic rings. The summed E-state index contributed by atoms with van der Waals surface area (Å²) in [6.07, 6.45) is 2.76. The van der Waals surface area contributed by atoms with E-state index < -0.39 is 53.3 Å². The number of carbonyl (C=O) groups is 5. The van der Waals surface area contributed by atoms with Gasteiger partial charge in [-0.05, 0) is 23.6 Å². The summed E-state index contributed by atoms with van der Waals surface area (Å²) < 4.78 is 10.7. The maximum atomic E-state index is 13.2. The molecule has 2 aromatic carbocycles. The Labute approximate surface area is 233 Å². The molecule has 4 amide bonds. The molecule has 0 unspecified atom stereocenters. The minimum atomic E-state index is -1.16. The fraction of sp³-hybridized carbons (Fsp3) is 0.367. The Balaban J connectivity index is 1.76. The highest BCUT2D eigenvalue weighted by Crippen LogP contribution is 2.31. The summed E-state index contributed by atoms with van der Waals surface area (Å²) in [5.41, 5.74) is 1.33. The second-order valence-electron chi connectivity index (χ2n) is 9.90. The van der Waals surface area contributed by atoms with Gasteiger partial charge in [0.15, 0.2) is 17.3 Å². The van der Waals surface area contributed by atoms with E-state index in [1.807, 2.05) is 6.07 Å². The Hall–Kier alpha value is -4.47. The number of ketones is 1. The van der Waals surface area contributed by atoms with E-state index in [-0.39, 0.29) is 12.3 Å². The third kappa shape index (κ3) is 7.13. The number of hydrogen-bond donors (Lipinski definition) is 3. The third-order valence-corrected chi connectivity index (χ3v) is 6.79. The molecule has 0 radical (unpaired) electrons. The van der Waals surface area contributed by atoms with Crippen LogP contribution in [-0.2, 0) is 24.0 Å². The van der Waals surface area contributed by atoms with E-state index in [1.165, 1.54) is 27.2 Å². The zero-order valence-electron chi connectivity index (χ0n) is 23.2. The predicted molar refractivity (Wildman–Crippen MR) is 148 cm³/mol. The van der Waals surface area contributed by atoms with Crippen LogP contribution in [0.5, 0.6) is 11.5 Å². The van der Waals surface area contributed by atoms with Crippen molar-refractivity contribution in [2.75, 3.05) is 14.2 Å². The molecule has 0 spiro atoms. The van der Waals surface area contributed by atoms with E-state index >= 15 is 0 Å². The molecule has 4 atom stereocenters. The number of hydrogen-bond acceptors (Lipinski definition) is 7. The van der Waals surface area contributed by atoms with E-state index in [2.05, 4.69) is 16.0 Å². The summed E-state index contributed by atoms with van der Waals surface area (Å²) in [5.74, 6) is -3.94. The van der Waals surface area contributed by atoms with Gasteiger partial charge in [-0.2, -0.15) is 0 Å². The molecule has 212 valence electrons. The average Bonchev–Trinajstić information content (AvgIpc) is 3.20. The number of carbonyl (C=O) groups excluding carboxylic acids is 5. The van der Waals surface area contributed by atoms with Crippen LogP contribution >= 0.6 is 0 Å². The Kier molecular flexibility index (Phi) is 10.2. The topological polar surface area (TPSA) is 140 Å². The van der Waals surface area contributed by atoms with E-state index in [9.17, 15) is 24.0 Å². The molecule has 0 aromatic heterocycles. The van der Waals surface area contributed by atoms with Crippen LogP contribution in [0, 0.1) is 17.8 Å². The number of methoxy groups -OCH3 is 2. The van der Waals surface area contributed by atoms with Crippen LogP contribution < -0.4 is 25.4 Å². The SMILES string of the molecule is COc1cccc(/C=C/C(=O)N[C@H](CC(=O)N[C@@H](C(=O)[C@@H]2C(=O)NC(=O)[C@H]2C)C(C)C)c2ccccc2)c1OC. The molecule has 1 fully saturated rings. The molecule has 2 aromatic rings. The van der Waals surface area contributed by atoms with Gasteiger partial charge in [-0.15, -0.1) is 0 Å². The van der Waals surface area contributed by atoms with Crippen molar-refractivity contribution in [3.05, 3.63) is 65.7 Å². The summed E-state index contributed by atoms with van der Waals surface area (Å²) in [7, 11) is 3.03.